The normalized spacial score (nSPS) is 17.4. The van der Waals surface area contributed by atoms with E-state index in [2.05, 4.69) is 24.1 Å². The molecule has 1 aliphatic heterocycles. The average Bonchev–Trinajstić information content (AvgIpc) is 2.41. The zero-order valence-corrected chi connectivity index (χ0v) is 12.4. The van der Waals surface area contributed by atoms with E-state index in [0.717, 1.165) is 31.5 Å². The van der Waals surface area contributed by atoms with Gasteiger partial charge in [-0.05, 0) is 45.2 Å². The first-order valence-electron chi connectivity index (χ1n) is 7.23. The third-order valence-electron chi connectivity index (χ3n) is 3.97. The van der Waals surface area contributed by atoms with Crippen molar-refractivity contribution in [3.63, 3.8) is 0 Å². The molecule has 1 aromatic rings. The molecular weight excluding hydrogens is 254 g/mol. The van der Waals surface area contributed by atoms with E-state index in [4.69, 9.17) is 0 Å². The highest BCUT2D eigenvalue weighted by Crippen LogP contribution is 2.27. The van der Waals surface area contributed by atoms with Crippen LogP contribution < -0.4 is 5.32 Å². The first-order valence-corrected chi connectivity index (χ1v) is 7.23. The Morgan fingerprint density at radius 2 is 2.00 bits per heavy atom. The Hall–Kier alpha value is -1.62. The number of likely N-dealkylation sites (tertiary alicyclic amines) is 1. The van der Waals surface area contributed by atoms with Crippen molar-refractivity contribution in [1.82, 2.24) is 4.90 Å². The van der Waals surface area contributed by atoms with Gasteiger partial charge in [-0.25, -0.2) is 0 Å². The van der Waals surface area contributed by atoms with Crippen molar-refractivity contribution < 1.29 is 4.92 Å². The van der Waals surface area contributed by atoms with Crippen LogP contribution in [0.25, 0.3) is 0 Å². The average molecular weight is 277 g/mol. The predicted octanol–water partition coefficient (Wildman–Crippen LogP) is 3.19. The van der Waals surface area contributed by atoms with Gasteiger partial charge in [0.2, 0.25) is 0 Å². The Balaban J connectivity index is 2.03. The fourth-order valence-electron chi connectivity index (χ4n) is 2.69. The van der Waals surface area contributed by atoms with Crippen LogP contribution in [0.1, 0.15) is 32.3 Å². The van der Waals surface area contributed by atoms with Gasteiger partial charge in [0.1, 0.15) is 5.69 Å². The summed E-state index contributed by atoms with van der Waals surface area (Å²) in [6, 6.07) is 6.27. The third-order valence-corrected chi connectivity index (χ3v) is 3.97. The highest BCUT2D eigenvalue weighted by atomic mass is 16.6. The van der Waals surface area contributed by atoms with Crippen molar-refractivity contribution >= 4 is 11.4 Å². The van der Waals surface area contributed by atoms with Crippen LogP contribution in [0.2, 0.25) is 0 Å². The smallest absolute Gasteiger partial charge is 0.292 e. The van der Waals surface area contributed by atoms with Crippen LogP contribution in [-0.4, -0.2) is 35.0 Å². The maximum absolute atomic E-state index is 11.1. The van der Waals surface area contributed by atoms with Crippen LogP contribution in [0, 0.1) is 17.0 Å². The van der Waals surface area contributed by atoms with Gasteiger partial charge in [0.05, 0.1) is 4.92 Å². The molecule has 0 radical (unpaired) electrons. The molecule has 0 aliphatic carbocycles. The Morgan fingerprint density at radius 3 is 2.55 bits per heavy atom. The quantitative estimate of drug-likeness (QED) is 0.678. The van der Waals surface area contributed by atoms with Gasteiger partial charge < -0.3 is 10.2 Å². The molecule has 0 aromatic heterocycles. The lowest BCUT2D eigenvalue weighted by atomic mass is 10.0. The molecular formula is C15H23N3O2. The molecule has 0 unspecified atom stereocenters. The van der Waals surface area contributed by atoms with Crippen LogP contribution >= 0.6 is 0 Å². The monoisotopic (exact) mass is 277 g/mol. The minimum absolute atomic E-state index is 0.177. The summed E-state index contributed by atoms with van der Waals surface area (Å²) >= 11 is 0. The van der Waals surface area contributed by atoms with E-state index in [0.29, 0.717) is 17.8 Å². The van der Waals surface area contributed by atoms with E-state index in [1.165, 1.54) is 0 Å². The van der Waals surface area contributed by atoms with Crippen molar-refractivity contribution in [1.29, 1.82) is 0 Å². The SMILES string of the molecule is Cc1ccc(NC2CCN(C(C)C)CC2)c([N+](=O)[O-])c1. The largest absolute Gasteiger partial charge is 0.377 e. The van der Waals surface area contributed by atoms with Gasteiger partial charge in [0.25, 0.3) is 5.69 Å². The van der Waals surface area contributed by atoms with E-state index >= 15 is 0 Å². The molecule has 1 N–H and O–H groups in total. The summed E-state index contributed by atoms with van der Waals surface area (Å²) < 4.78 is 0. The summed E-state index contributed by atoms with van der Waals surface area (Å²) in [6.07, 6.45) is 2.06. The standard InChI is InChI=1S/C15H23N3O2/c1-11(2)17-8-6-13(7-9-17)16-14-5-4-12(3)10-15(14)18(19)20/h4-5,10-11,13,16H,6-9H2,1-3H3. The van der Waals surface area contributed by atoms with E-state index < -0.39 is 0 Å². The number of anilines is 1. The maximum Gasteiger partial charge on any atom is 0.292 e. The Kier molecular flexibility index (Phi) is 4.60. The van der Waals surface area contributed by atoms with Gasteiger partial charge in [-0.15, -0.1) is 0 Å². The summed E-state index contributed by atoms with van der Waals surface area (Å²) in [6.45, 7) is 8.39. The van der Waals surface area contributed by atoms with Gasteiger partial charge >= 0.3 is 0 Å². The molecule has 0 saturated carbocycles. The van der Waals surface area contributed by atoms with Crippen molar-refractivity contribution in [2.45, 2.75) is 45.7 Å². The number of rotatable bonds is 4. The minimum Gasteiger partial charge on any atom is -0.377 e. The van der Waals surface area contributed by atoms with Gasteiger partial charge in [0, 0.05) is 31.2 Å². The lowest BCUT2D eigenvalue weighted by Gasteiger charge is -2.35. The summed E-state index contributed by atoms with van der Waals surface area (Å²) in [5, 5.41) is 14.5. The molecule has 20 heavy (non-hydrogen) atoms. The molecule has 1 aliphatic rings. The second kappa shape index (κ2) is 6.22. The molecule has 1 saturated heterocycles. The zero-order valence-electron chi connectivity index (χ0n) is 12.4. The third kappa shape index (κ3) is 3.48. The van der Waals surface area contributed by atoms with Crippen molar-refractivity contribution in [3.8, 4) is 0 Å². The first-order chi connectivity index (χ1) is 9.47. The number of benzene rings is 1. The van der Waals surface area contributed by atoms with E-state index in [9.17, 15) is 10.1 Å². The van der Waals surface area contributed by atoms with Crippen LogP contribution in [-0.2, 0) is 0 Å². The van der Waals surface area contributed by atoms with E-state index in [-0.39, 0.29) is 10.6 Å². The van der Waals surface area contributed by atoms with Gasteiger partial charge in [-0.3, -0.25) is 10.1 Å². The second-order valence-corrected chi connectivity index (χ2v) is 5.83. The fourth-order valence-corrected chi connectivity index (χ4v) is 2.69. The van der Waals surface area contributed by atoms with Gasteiger partial charge in [-0.1, -0.05) is 6.07 Å². The number of nitro benzene ring substituents is 1. The second-order valence-electron chi connectivity index (χ2n) is 5.83. The van der Waals surface area contributed by atoms with Crippen LogP contribution in [0.15, 0.2) is 18.2 Å². The van der Waals surface area contributed by atoms with Crippen molar-refractivity contribution in [2.75, 3.05) is 18.4 Å². The highest BCUT2D eigenvalue weighted by Gasteiger charge is 2.23. The summed E-state index contributed by atoms with van der Waals surface area (Å²) in [4.78, 5) is 13.3. The molecule has 5 heteroatoms. The van der Waals surface area contributed by atoms with Gasteiger partial charge in [0.15, 0.2) is 0 Å². The number of piperidine rings is 1. The van der Waals surface area contributed by atoms with Crippen LogP contribution in [0.4, 0.5) is 11.4 Å². The van der Waals surface area contributed by atoms with E-state index in [1.807, 2.05) is 19.1 Å². The molecule has 0 bridgehead atoms. The molecule has 0 spiro atoms. The molecule has 5 nitrogen and oxygen atoms in total. The molecule has 1 heterocycles. The predicted molar refractivity (Wildman–Crippen MR) is 81.2 cm³/mol. The Labute approximate surface area is 120 Å². The number of nitrogens with zero attached hydrogens (tertiary/aromatic N) is 2. The minimum atomic E-state index is -0.307. The number of nitrogens with one attached hydrogen (secondary N) is 1. The summed E-state index contributed by atoms with van der Waals surface area (Å²) in [7, 11) is 0. The molecule has 0 atom stereocenters. The molecule has 1 fully saturated rings. The lowest BCUT2D eigenvalue weighted by molar-refractivity contribution is -0.384. The number of aryl methyl sites for hydroxylation is 1. The van der Waals surface area contributed by atoms with Crippen molar-refractivity contribution in [3.05, 3.63) is 33.9 Å². The Morgan fingerprint density at radius 1 is 1.35 bits per heavy atom. The van der Waals surface area contributed by atoms with Gasteiger partial charge in [-0.2, -0.15) is 0 Å². The number of hydrogen-bond acceptors (Lipinski definition) is 4. The number of hydrogen-bond donors (Lipinski definition) is 1. The van der Waals surface area contributed by atoms with E-state index in [1.54, 1.807) is 6.07 Å². The lowest BCUT2D eigenvalue weighted by Crippen LogP contribution is -2.42. The summed E-state index contributed by atoms with van der Waals surface area (Å²) in [5.41, 5.74) is 1.73. The summed E-state index contributed by atoms with van der Waals surface area (Å²) in [5.74, 6) is 0. The number of nitro groups is 1. The van der Waals surface area contributed by atoms with Crippen molar-refractivity contribution in [2.24, 2.45) is 0 Å². The Bertz CT molecular complexity index is 480. The van der Waals surface area contributed by atoms with Crippen LogP contribution in [0.5, 0.6) is 0 Å². The molecule has 2 rings (SSSR count). The van der Waals surface area contributed by atoms with Crippen LogP contribution in [0.3, 0.4) is 0 Å². The molecule has 110 valence electrons. The zero-order chi connectivity index (χ0) is 14.7. The first kappa shape index (κ1) is 14.8. The molecule has 0 amide bonds. The topological polar surface area (TPSA) is 58.4 Å². The highest BCUT2D eigenvalue weighted by molar-refractivity contribution is 5.63. The molecule has 1 aromatic carbocycles. The maximum atomic E-state index is 11.1. The fraction of sp³-hybridized carbons (Fsp3) is 0.600.